The summed E-state index contributed by atoms with van der Waals surface area (Å²) in [5.74, 6) is 2.19. The second-order valence-electron chi connectivity index (χ2n) is 3.76. The van der Waals surface area contributed by atoms with E-state index in [4.69, 9.17) is 5.26 Å². The molecule has 4 aliphatic rings. The van der Waals surface area contributed by atoms with Crippen LogP contribution >= 0.6 is 0 Å². The van der Waals surface area contributed by atoms with Crippen LogP contribution in [0.5, 0.6) is 0 Å². The van der Waals surface area contributed by atoms with Crippen molar-refractivity contribution in [2.24, 2.45) is 23.7 Å². The largest absolute Gasteiger partial charge is 0.193 e. The molecule has 0 aromatic heterocycles. The van der Waals surface area contributed by atoms with Gasteiger partial charge in [0.15, 0.2) is 0 Å². The minimum atomic E-state index is 0.389. The summed E-state index contributed by atoms with van der Waals surface area (Å²) in [6.45, 7) is 0. The molecule has 1 nitrogen and oxygen atoms in total. The molecule has 2 unspecified atom stereocenters. The number of nitriles is 1. The van der Waals surface area contributed by atoms with E-state index in [2.05, 4.69) is 36.4 Å². The predicted molar refractivity (Wildman–Crippen MR) is 45.9 cm³/mol. The van der Waals surface area contributed by atoms with Crippen molar-refractivity contribution in [1.82, 2.24) is 0 Å². The zero-order valence-corrected chi connectivity index (χ0v) is 6.64. The van der Waals surface area contributed by atoms with Gasteiger partial charge in [-0.15, -0.1) is 0 Å². The van der Waals surface area contributed by atoms with Crippen molar-refractivity contribution >= 4 is 0 Å². The summed E-state index contributed by atoms with van der Waals surface area (Å²) in [4.78, 5) is 0. The third-order valence-corrected chi connectivity index (χ3v) is 3.10. The molecule has 1 fully saturated rings. The van der Waals surface area contributed by atoms with E-state index in [1.807, 2.05) is 0 Å². The van der Waals surface area contributed by atoms with Crippen LogP contribution in [0.25, 0.3) is 0 Å². The molecule has 1 heteroatoms. The SMILES string of the molecule is N#CC1=CC2C=CC3C(C=C2)C13. The smallest absolute Gasteiger partial charge is 0.0947 e. The fourth-order valence-corrected chi connectivity index (χ4v) is 2.39. The van der Waals surface area contributed by atoms with Crippen LogP contribution in [0.15, 0.2) is 36.0 Å². The Morgan fingerprint density at radius 2 is 1.75 bits per heavy atom. The molecular weight excluding hydrogens is 146 g/mol. The van der Waals surface area contributed by atoms with Gasteiger partial charge in [-0.1, -0.05) is 30.4 Å². The molecule has 0 heterocycles. The van der Waals surface area contributed by atoms with E-state index in [1.54, 1.807) is 0 Å². The van der Waals surface area contributed by atoms with Crippen molar-refractivity contribution < 1.29 is 0 Å². The van der Waals surface area contributed by atoms with E-state index in [0.717, 1.165) is 5.57 Å². The third kappa shape index (κ3) is 0.628. The Morgan fingerprint density at radius 3 is 2.33 bits per heavy atom. The minimum absolute atomic E-state index is 0.389. The van der Waals surface area contributed by atoms with E-state index >= 15 is 0 Å². The maximum Gasteiger partial charge on any atom is 0.0947 e. The molecular formula is C11H9N. The Balaban J connectivity index is 2.14. The topological polar surface area (TPSA) is 23.8 Å². The van der Waals surface area contributed by atoms with E-state index in [9.17, 15) is 0 Å². The number of hydrogen-bond donors (Lipinski definition) is 0. The monoisotopic (exact) mass is 155 g/mol. The highest BCUT2D eigenvalue weighted by atomic mass is 14.5. The highest BCUT2D eigenvalue weighted by molar-refractivity contribution is 5.43. The Morgan fingerprint density at radius 1 is 1.08 bits per heavy atom. The lowest BCUT2D eigenvalue weighted by molar-refractivity contribution is 0.951. The van der Waals surface area contributed by atoms with Gasteiger partial charge in [0.25, 0.3) is 0 Å². The fourth-order valence-electron chi connectivity index (χ4n) is 2.39. The first-order chi connectivity index (χ1) is 5.90. The molecule has 12 heavy (non-hydrogen) atoms. The summed E-state index contributed by atoms with van der Waals surface area (Å²) in [5.41, 5.74) is 1.00. The average Bonchev–Trinajstić information content (AvgIpc) is 2.82. The van der Waals surface area contributed by atoms with Gasteiger partial charge in [-0.05, 0) is 11.8 Å². The summed E-state index contributed by atoms with van der Waals surface area (Å²) in [6, 6.07) is 2.32. The predicted octanol–water partition coefficient (Wildman–Crippen LogP) is 2.05. The normalized spacial score (nSPS) is 46.1. The number of allylic oxidation sites excluding steroid dienone is 6. The zero-order chi connectivity index (χ0) is 8.13. The Hall–Kier alpha value is -1.29. The lowest BCUT2D eigenvalue weighted by Gasteiger charge is -1.96. The van der Waals surface area contributed by atoms with Crippen LogP contribution in [-0.2, 0) is 0 Å². The molecule has 0 saturated heterocycles. The van der Waals surface area contributed by atoms with Crippen molar-refractivity contribution in [2.45, 2.75) is 0 Å². The molecule has 4 bridgehead atoms. The van der Waals surface area contributed by atoms with Crippen LogP contribution in [0, 0.1) is 35.0 Å². The van der Waals surface area contributed by atoms with Gasteiger partial charge in [0, 0.05) is 17.4 Å². The molecule has 4 rings (SSSR count). The van der Waals surface area contributed by atoms with E-state index in [0.29, 0.717) is 23.7 Å². The van der Waals surface area contributed by atoms with Gasteiger partial charge in [0.05, 0.1) is 6.07 Å². The lowest BCUT2D eigenvalue weighted by Crippen LogP contribution is -1.86. The summed E-state index contributed by atoms with van der Waals surface area (Å²) in [6.07, 6.45) is 11.1. The van der Waals surface area contributed by atoms with E-state index in [1.165, 1.54) is 0 Å². The van der Waals surface area contributed by atoms with Crippen molar-refractivity contribution in [3.63, 3.8) is 0 Å². The molecule has 0 aromatic rings. The molecule has 0 aliphatic heterocycles. The molecule has 1 saturated carbocycles. The lowest BCUT2D eigenvalue weighted by atomic mass is 10.1. The Kier molecular flexibility index (Phi) is 0.988. The molecule has 4 aliphatic carbocycles. The summed E-state index contributed by atoms with van der Waals surface area (Å²) < 4.78 is 0. The van der Waals surface area contributed by atoms with Gasteiger partial charge in [-0.25, -0.2) is 0 Å². The second kappa shape index (κ2) is 1.90. The Labute approximate surface area is 71.7 Å². The summed E-state index contributed by atoms with van der Waals surface area (Å²) in [7, 11) is 0. The number of nitrogens with zero attached hydrogens (tertiary/aromatic N) is 1. The first-order valence-electron chi connectivity index (χ1n) is 4.38. The molecule has 2 atom stereocenters. The fraction of sp³-hybridized carbons (Fsp3) is 0.364. The molecule has 58 valence electrons. The van der Waals surface area contributed by atoms with Gasteiger partial charge in [-0.3, -0.25) is 0 Å². The average molecular weight is 155 g/mol. The van der Waals surface area contributed by atoms with Gasteiger partial charge in [0.1, 0.15) is 0 Å². The van der Waals surface area contributed by atoms with Gasteiger partial charge in [0.2, 0.25) is 0 Å². The van der Waals surface area contributed by atoms with Crippen LogP contribution < -0.4 is 0 Å². The molecule has 0 aromatic carbocycles. The first kappa shape index (κ1) is 6.25. The zero-order valence-electron chi connectivity index (χ0n) is 6.64. The molecule has 0 spiro atoms. The van der Waals surface area contributed by atoms with Crippen LogP contribution in [0.3, 0.4) is 0 Å². The van der Waals surface area contributed by atoms with Crippen LogP contribution in [0.1, 0.15) is 0 Å². The van der Waals surface area contributed by atoms with Crippen molar-refractivity contribution in [1.29, 1.82) is 5.26 Å². The third-order valence-electron chi connectivity index (χ3n) is 3.10. The van der Waals surface area contributed by atoms with Gasteiger partial charge in [-0.2, -0.15) is 5.26 Å². The van der Waals surface area contributed by atoms with Crippen LogP contribution in [0.4, 0.5) is 0 Å². The van der Waals surface area contributed by atoms with E-state index < -0.39 is 0 Å². The highest BCUT2D eigenvalue weighted by Crippen LogP contribution is 2.55. The van der Waals surface area contributed by atoms with Gasteiger partial charge < -0.3 is 0 Å². The number of rotatable bonds is 0. The summed E-state index contributed by atoms with van der Waals surface area (Å²) >= 11 is 0. The molecule has 0 N–H and O–H groups in total. The second-order valence-corrected chi connectivity index (χ2v) is 3.76. The quantitative estimate of drug-likeness (QED) is 0.491. The van der Waals surface area contributed by atoms with Crippen molar-refractivity contribution in [3.8, 4) is 6.07 Å². The van der Waals surface area contributed by atoms with Crippen molar-refractivity contribution in [3.05, 3.63) is 36.0 Å². The first-order valence-corrected chi connectivity index (χ1v) is 4.38. The maximum absolute atomic E-state index is 8.90. The standard InChI is InChI=1S/C11H9N/c12-6-8-5-7-1-3-9-10(4-2-7)11(8)9/h1-5,7,9-11H. The van der Waals surface area contributed by atoms with Crippen LogP contribution in [-0.4, -0.2) is 0 Å². The van der Waals surface area contributed by atoms with Crippen molar-refractivity contribution in [2.75, 3.05) is 0 Å². The molecule has 0 radical (unpaired) electrons. The van der Waals surface area contributed by atoms with Gasteiger partial charge >= 0.3 is 0 Å². The maximum atomic E-state index is 8.90. The Bertz CT molecular complexity index is 334. The minimum Gasteiger partial charge on any atom is -0.193 e. The number of hydrogen-bond acceptors (Lipinski definition) is 1. The molecule has 0 amide bonds. The van der Waals surface area contributed by atoms with Crippen LogP contribution in [0.2, 0.25) is 0 Å². The highest BCUT2D eigenvalue weighted by Gasteiger charge is 2.50. The summed E-state index contributed by atoms with van der Waals surface area (Å²) in [5, 5.41) is 8.90. The van der Waals surface area contributed by atoms with E-state index in [-0.39, 0.29) is 0 Å².